The van der Waals surface area contributed by atoms with Crippen LogP contribution in [0.5, 0.6) is 0 Å². The first kappa shape index (κ1) is 17.1. The van der Waals surface area contributed by atoms with Crippen molar-refractivity contribution in [1.82, 2.24) is 0 Å². The van der Waals surface area contributed by atoms with Crippen LogP contribution in [0.1, 0.15) is 41.5 Å². The van der Waals surface area contributed by atoms with Gasteiger partial charge in [-0.15, -0.1) is 0 Å². The topological polar surface area (TPSA) is 72.0 Å². The zero-order valence-corrected chi connectivity index (χ0v) is 8.39. The average Bonchev–Trinajstić information content (AvgIpc) is 1.12. The van der Waals surface area contributed by atoms with Gasteiger partial charge in [-0.1, -0.05) is 0 Å². The summed E-state index contributed by atoms with van der Waals surface area (Å²) in [5.41, 5.74) is -1.00. The maximum Gasteiger partial charge on any atom is 0.0563 e. The van der Waals surface area contributed by atoms with Crippen molar-refractivity contribution in [2.45, 2.75) is 52.7 Å². The predicted octanol–water partition coefficient (Wildman–Crippen LogP) is 0.730. The molecule has 11 heavy (non-hydrogen) atoms. The molecule has 3 heteroatoms. The lowest BCUT2D eigenvalue weighted by Crippen LogP contribution is -2.10. The Morgan fingerprint density at radius 1 is 0.636 bits per heavy atom. The number of hydrogen-bond acceptors (Lipinski definition) is 2. The van der Waals surface area contributed by atoms with Gasteiger partial charge >= 0.3 is 0 Å². The molecular formula is C8H22O3. The summed E-state index contributed by atoms with van der Waals surface area (Å²) in [6, 6.07) is 0. The normalized spacial score (nSPS) is 10.9. The van der Waals surface area contributed by atoms with Crippen LogP contribution in [-0.4, -0.2) is 26.9 Å². The molecule has 0 aromatic rings. The minimum Gasteiger partial charge on any atom is -0.412 e. The average molecular weight is 166 g/mol. The number of aliphatic hydroxyl groups is 2. The molecule has 3 nitrogen and oxygen atoms in total. The molecule has 0 saturated carbocycles. The monoisotopic (exact) mass is 166 g/mol. The lowest BCUT2D eigenvalue weighted by molar-refractivity contribution is 0.101. The van der Waals surface area contributed by atoms with E-state index in [1.807, 2.05) is 0 Å². The van der Waals surface area contributed by atoms with Gasteiger partial charge in [0.2, 0.25) is 0 Å². The Balaban J connectivity index is -0.000000107. The highest BCUT2D eigenvalue weighted by Gasteiger charge is 1.98. The molecule has 0 saturated heterocycles. The highest BCUT2D eigenvalue weighted by atomic mass is 16.3. The summed E-state index contributed by atoms with van der Waals surface area (Å²) < 4.78 is 0. The molecule has 0 aliphatic rings. The van der Waals surface area contributed by atoms with E-state index in [-0.39, 0.29) is 5.48 Å². The van der Waals surface area contributed by atoms with Crippen LogP contribution in [0.15, 0.2) is 0 Å². The molecule has 0 aliphatic heterocycles. The molecule has 0 atom stereocenters. The van der Waals surface area contributed by atoms with Gasteiger partial charge in [-0.05, 0) is 41.5 Å². The molecule has 0 rings (SSSR count). The lowest BCUT2D eigenvalue weighted by atomic mass is 10.2. The van der Waals surface area contributed by atoms with E-state index in [9.17, 15) is 0 Å². The van der Waals surface area contributed by atoms with Crippen LogP contribution < -0.4 is 0 Å². The Morgan fingerprint density at radius 3 is 0.636 bits per heavy atom. The molecule has 0 bridgehead atoms. The minimum absolute atomic E-state index is 0. The molecule has 0 aromatic carbocycles. The second-order valence-corrected chi connectivity index (χ2v) is 4.34. The van der Waals surface area contributed by atoms with Crippen molar-refractivity contribution in [1.29, 1.82) is 0 Å². The third-order valence-corrected chi connectivity index (χ3v) is 0. The van der Waals surface area contributed by atoms with Crippen LogP contribution in [0.3, 0.4) is 0 Å². The predicted molar refractivity (Wildman–Crippen MR) is 47.6 cm³/mol. The second-order valence-electron chi connectivity index (χ2n) is 4.34. The van der Waals surface area contributed by atoms with Crippen LogP contribution >= 0.6 is 0 Å². The maximum atomic E-state index is 8.52. The van der Waals surface area contributed by atoms with Crippen molar-refractivity contribution < 1.29 is 15.7 Å². The van der Waals surface area contributed by atoms with Crippen molar-refractivity contribution in [3.63, 3.8) is 0 Å². The third kappa shape index (κ3) is 42600. The SMILES string of the molecule is CC(C)(C)O.CC(C)(C)O.O. The first-order valence-electron chi connectivity index (χ1n) is 3.45. The number of hydrogen-bond donors (Lipinski definition) is 2. The van der Waals surface area contributed by atoms with Crippen molar-refractivity contribution in [3.8, 4) is 0 Å². The Morgan fingerprint density at radius 2 is 0.636 bits per heavy atom. The molecule has 0 heterocycles. The summed E-state index contributed by atoms with van der Waals surface area (Å²) in [7, 11) is 0. The van der Waals surface area contributed by atoms with Gasteiger partial charge in [-0.3, -0.25) is 0 Å². The van der Waals surface area contributed by atoms with Gasteiger partial charge in [-0.25, -0.2) is 0 Å². The molecule has 0 unspecified atom stereocenters. The van der Waals surface area contributed by atoms with Crippen LogP contribution in [0.4, 0.5) is 0 Å². The Kier molecular flexibility index (Phi) is 8.58. The Labute approximate surface area is 69.4 Å². The molecule has 72 valence electrons. The van der Waals surface area contributed by atoms with Crippen molar-refractivity contribution >= 4 is 0 Å². The van der Waals surface area contributed by atoms with Gasteiger partial charge in [0.15, 0.2) is 0 Å². The quantitative estimate of drug-likeness (QED) is 0.557. The lowest BCUT2D eigenvalue weighted by Gasteiger charge is -2.04. The van der Waals surface area contributed by atoms with E-state index < -0.39 is 11.2 Å². The fourth-order valence-corrected chi connectivity index (χ4v) is 0. The molecule has 0 aliphatic carbocycles. The second kappa shape index (κ2) is 5.52. The zero-order valence-electron chi connectivity index (χ0n) is 8.39. The van der Waals surface area contributed by atoms with E-state index in [0.717, 1.165) is 0 Å². The molecule has 0 aromatic heterocycles. The Bertz CT molecular complexity index is 52.3. The molecule has 0 amide bonds. The first-order chi connectivity index (χ1) is 4.00. The molecule has 0 radical (unpaired) electrons. The van der Waals surface area contributed by atoms with Crippen LogP contribution in [0.2, 0.25) is 0 Å². The first-order valence-corrected chi connectivity index (χ1v) is 3.45. The van der Waals surface area contributed by atoms with E-state index in [1.54, 1.807) is 41.5 Å². The zero-order chi connectivity index (χ0) is 9.00. The highest BCUT2D eigenvalue weighted by molar-refractivity contribution is 4.51. The van der Waals surface area contributed by atoms with Crippen molar-refractivity contribution in [2.75, 3.05) is 0 Å². The van der Waals surface area contributed by atoms with Gasteiger partial charge in [0.25, 0.3) is 0 Å². The molecule has 4 N–H and O–H groups in total. The van der Waals surface area contributed by atoms with Gasteiger partial charge < -0.3 is 15.7 Å². The summed E-state index contributed by atoms with van der Waals surface area (Å²) >= 11 is 0. The van der Waals surface area contributed by atoms with Crippen LogP contribution in [0, 0.1) is 0 Å². The Hall–Kier alpha value is -0.120. The summed E-state index contributed by atoms with van der Waals surface area (Å²) in [6.45, 7) is 10.5. The fraction of sp³-hybridized carbons (Fsp3) is 1.00. The van der Waals surface area contributed by atoms with Gasteiger partial charge in [0, 0.05) is 0 Å². The van der Waals surface area contributed by atoms with Gasteiger partial charge in [0.1, 0.15) is 0 Å². The van der Waals surface area contributed by atoms with Gasteiger partial charge in [0.05, 0.1) is 11.2 Å². The molecule has 0 fully saturated rings. The smallest absolute Gasteiger partial charge is 0.0563 e. The maximum absolute atomic E-state index is 8.52. The van der Waals surface area contributed by atoms with E-state index >= 15 is 0 Å². The van der Waals surface area contributed by atoms with Crippen molar-refractivity contribution in [2.24, 2.45) is 0 Å². The van der Waals surface area contributed by atoms with E-state index in [1.165, 1.54) is 0 Å². The van der Waals surface area contributed by atoms with E-state index in [0.29, 0.717) is 0 Å². The summed E-state index contributed by atoms with van der Waals surface area (Å²) in [5, 5.41) is 17.0. The van der Waals surface area contributed by atoms with Gasteiger partial charge in [-0.2, -0.15) is 0 Å². The number of rotatable bonds is 0. The fourth-order valence-electron chi connectivity index (χ4n) is 0. The molecular weight excluding hydrogens is 144 g/mol. The van der Waals surface area contributed by atoms with Crippen LogP contribution in [0.25, 0.3) is 0 Å². The standard InChI is InChI=1S/2C4H10O.H2O/c2*1-4(2,3)5;/h2*5H,1-3H3;1H2. The van der Waals surface area contributed by atoms with E-state index in [2.05, 4.69) is 0 Å². The summed E-state index contributed by atoms with van der Waals surface area (Å²) in [6.07, 6.45) is 0. The third-order valence-electron chi connectivity index (χ3n) is 0. The highest BCUT2D eigenvalue weighted by Crippen LogP contribution is 1.93. The van der Waals surface area contributed by atoms with E-state index in [4.69, 9.17) is 10.2 Å². The summed E-state index contributed by atoms with van der Waals surface area (Å²) in [4.78, 5) is 0. The van der Waals surface area contributed by atoms with Crippen molar-refractivity contribution in [3.05, 3.63) is 0 Å². The summed E-state index contributed by atoms with van der Waals surface area (Å²) in [5.74, 6) is 0. The largest absolute Gasteiger partial charge is 0.412 e. The molecule has 0 spiro atoms. The minimum atomic E-state index is -0.500. The van der Waals surface area contributed by atoms with Crippen LogP contribution in [-0.2, 0) is 0 Å².